The first-order chi connectivity index (χ1) is 10.4. The van der Waals surface area contributed by atoms with Crippen molar-refractivity contribution < 1.29 is 10.2 Å². The Morgan fingerprint density at radius 2 is 1.82 bits per heavy atom. The molecule has 2 heteroatoms. The van der Waals surface area contributed by atoms with Crippen molar-refractivity contribution in [1.82, 2.24) is 0 Å². The van der Waals surface area contributed by atoms with Crippen molar-refractivity contribution in [2.75, 3.05) is 6.61 Å². The van der Waals surface area contributed by atoms with Crippen LogP contribution in [-0.2, 0) is 0 Å². The zero-order chi connectivity index (χ0) is 16.5. The van der Waals surface area contributed by atoms with E-state index in [4.69, 9.17) is 0 Å². The molecule has 2 nitrogen and oxygen atoms in total. The zero-order valence-corrected chi connectivity index (χ0v) is 14.4. The number of hydrogen-bond acceptors (Lipinski definition) is 2. The molecule has 0 unspecified atom stereocenters. The van der Waals surface area contributed by atoms with E-state index < -0.39 is 6.10 Å². The molecule has 0 saturated heterocycles. The van der Waals surface area contributed by atoms with E-state index >= 15 is 0 Å². The summed E-state index contributed by atoms with van der Waals surface area (Å²) in [5.41, 5.74) is 4.65. The monoisotopic (exact) mass is 304 g/mol. The molecule has 0 aromatic carbocycles. The van der Waals surface area contributed by atoms with Gasteiger partial charge in [0, 0.05) is 0 Å². The summed E-state index contributed by atoms with van der Waals surface area (Å²) in [6.07, 6.45) is 11.9. The lowest BCUT2D eigenvalue weighted by atomic mass is 9.86. The van der Waals surface area contributed by atoms with E-state index in [1.54, 1.807) is 0 Å². The van der Waals surface area contributed by atoms with E-state index in [0.717, 1.165) is 43.3 Å². The molecule has 0 heterocycles. The Labute approximate surface area is 135 Å². The van der Waals surface area contributed by atoms with Crippen LogP contribution in [-0.4, -0.2) is 22.9 Å². The Morgan fingerprint density at radius 3 is 2.50 bits per heavy atom. The minimum atomic E-state index is -0.450. The third-order valence-corrected chi connectivity index (χ3v) is 4.64. The van der Waals surface area contributed by atoms with Crippen LogP contribution >= 0.6 is 0 Å². The highest BCUT2D eigenvalue weighted by atomic mass is 16.3. The van der Waals surface area contributed by atoms with Gasteiger partial charge in [-0.05, 0) is 76.4 Å². The Hall–Kier alpha value is -1.12. The van der Waals surface area contributed by atoms with Gasteiger partial charge in [0.2, 0.25) is 0 Å². The Bertz CT molecular complexity index is 454. The Balaban J connectivity index is 2.90. The minimum Gasteiger partial charge on any atom is -0.392 e. The number of rotatable bonds is 2. The average Bonchev–Trinajstić information content (AvgIpc) is 2.49. The van der Waals surface area contributed by atoms with Crippen LogP contribution in [0.1, 0.15) is 59.3 Å². The van der Waals surface area contributed by atoms with E-state index in [2.05, 4.69) is 38.7 Å². The summed E-state index contributed by atoms with van der Waals surface area (Å²) >= 11 is 0. The van der Waals surface area contributed by atoms with Crippen molar-refractivity contribution in [1.29, 1.82) is 0 Å². The predicted molar refractivity (Wildman–Crippen MR) is 94.7 cm³/mol. The molecule has 0 bridgehead atoms. The lowest BCUT2D eigenvalue weighted by molar-refractivity contribution is 0.175. The summed E-state index contributed by atoms with van der Waals surface area (Å²) in [5, 5.41) is 19.8. The van der Waals surface area contributed by atoms with Crippen LogP contribution in [0.3, 0.4) is 0 Å². The topological polar surface area (TPSA) is 40.5 Å². The van der Waals surface area contributed by atoms with Gasteiger partial charge in [0.05, 0.1) is 12.7 Å². The highest BCUT2D eigenvalue weighted by Crippen LogP contribution is 2.26. The second-order valence-corrected chi connectivity index (χ2v) is 6.63. The molecule has 1 aliphatic carbocycles. The molecule has 2 atom stereocenters. The van der Waals surface area contributed by atoms with Gasteiger partial charge in [-0.2, -0.15) is 0 Å². The molecule has 0 amide bonds. The number of allylic oxidation sites excluding steroid dienone is 5. The van der Waals surface area contributed by atoms with Gasteiger partial charge in [0.25, 0.3) is 0 Å². The molecule has 124 valence electrons. The van der Waals surface area contributed by atoms with Crippen LogP contribution in [0.5, 0.6) is 0 Å². The van der Waals surface area contributed by atoms with E-state index in [0.29, 0.717) is 6.42 Å². The van der Waals surface area contributed by atoms with Crippen LogP contribution < -0.4 is 0 Å². The van der Waals surface area contributed by atoms with Crippen LogP contribution in [0.15, 0.2) is 47.1 Å². The first kappa shape index (κ1) is 18.9. The normalized spacial score (nSPS) is 32.7. The van der Waals surface area contributed by atoms with Gasteiger partial charge < -0.3 is 10.2 Å². The maximum absolute atomic E-state index is 10.4. The standard InChI is InChI=1S/C20H32O2/c1-15-7-5-8-16(2)11-12-19(18(4)14-21)13-20(22)17(3)10-6-9-15/h8-10,19-22H,4-7,11-14H2,1-3H3/b15-9+,16-8+,17-10+/t19-,20-/m0/s1. The van der Waals surface area contributed by atoms with E-state index in [-0.39, 0.29) is 12.5 Å². The summed E-state index contributed by atoms with van der Waals surface area (Å²) < 4.78 is 0. The first-order valence-electron chi connectivity index (χ1n) is 8.38. The second kappa shape index (κ2) is 9.81. The van der Waals surface area contributed by atoms with Gasteiger partial charge in [-0.25, -0.2) is 0 Å². The molecule has 1 aliphatic rings. The van der Waals surface area contributed by atoms with Crippen molar-refractivity contribution >= 4 is 0 Å². The van der Waals surface area contributed by atoms with Crippen molar-refractivity contribution in [2.45, 2.75) is 65.4 Å². The predicted octanol–water partition coefficient (Wildman–Crippen LogP) is 4.71. The summed E-state index contributed by atoms with van der Waals surface area (Å²) in [6.45, 7) is 10.3. The maximum Gasteiger partial charge on any atom is 0.0753 e. The molecular formula is C20H32O2. The summed E-state index contributed by atoms with van der Waals surface area (Å²) in [6, 6.07) is 0. The van der Waals surface area contributed by atoms with Gasteiger partial charge in [0.15, 0.2) is 0 Å². The van der Waals surface area contributed by atoms with Crippen LogP contribution in [0.4, 0.5) is 0 Å². The summed E-state index contributed by atoms with van der Waals surface area (Å²) in [4.78, 5) is 0. The molecule has 2 N–H and O–H groups in total. The third-order valence-electron chi connectivity index (χ3n) is 4.64. The molecule has 0 aliphatic heterocycles. The molecule has 0 fully saturated rings. The van der Waals surface area contributed by atoms with E-state index in [1.165, 1.54) is 11.1 Å². The molecule has 0 aromatic rings. The van der Waals surface area contributed by atoms with Crippen molar-refractivity contribution in [3.63, 3.8) is 0 Å². The lowest BCUT2D eigenvalue weighted by Crippen LogP contribution is -2.18. The first-order valence-corrected chi connectivity index (χ1v) is 8.38. The molecular weight excluding hydrogens is 272 g/mol. The van der Waals surface area contributed by atoms with Crippen molar-refractivity contribution in [2.24, 2.45) is 5.92 Å². The number of aliphatic hydroxyl groups is 2. The SMILES string of the molecule is C=C(CO)[C@H]1CC/C(C)=C/CC/C(C)=C/C/C=C(\C)[C@@H](O)C1. The fraction of sp³-hybridized carbons (Fsp3) is 0.600. The van der Waals surface area contributed by atoms with Crippen LogP contribution in [0, 0.1) is 5.92 Å². The lowest BCUT2D eigenvalue weighted by Gasteiger charge is -2.22. The average molecular weight is 304 g/mol. The fourth-order valence-corrected chi connectivity index (χ4v) is 2.81. The smallest absolute Gasteiger partial charge is 0.0753 e. The fourth-order valence-electron chi connectivity index (χ4n) is 2.81. The van der Waals surface area contributed by atoms with Crippen molar-refractivity contribution in [3.05, 3.63) is 47.1 Å². The van der Waals surface area contributed by atoms with Crippen LogP contribution in [0.2, 0.25) is 0 Å². The quantitative estimate of drug-likeness (QED) is 0.726. The number of hydrogen-bond donors (Lipinski definition) is 2. The van der Waals surface area contributed by atoms with Crippen molar-refractivity contribution in [3.8, 4) is 0 Å². The van der Waals surface area contributed by atoms with Crippen LogP contribution in [0.25, 0.3) is 0 Å². The van der Waals surface area contributed by atoms with Gasteiger partial charge in [-0.15, -0.1) is 0 Å². The molecule has 22 heavy (non-hydrogen) atoms. The third kappa shape index (κ3) is 6.76. The van der Waals surface area contributed by atoms with E-state index in [9.17, 15) is 10.2 Å². The van der Waals surface area contributed by atoms with Gasteiger partial charge in [-0.1, -0.05) is 36.0 Å². The highest BCUT2D eigenvalue weighted by Gasteiger charge is 2.18. The molecule has 1 rings (SSSR count). The zero-order valence-electron chi connectivity index (χ0n) is 14.4. The van der Waals surface area contributed by atoms with E-state index in [1.807, 2.05) is 6.92 Å². The molecule has 0 aromatic heterocycles. The maximum atomic E-state index is 10.4. The summed E-state index contributed by atoms with van der Waals surface area (Å²) in [7, 11) is 0. The van der Waals surface area contributed by atoms with Gasteiger partial charge in [-0.3, -0.25) is 0 Å². The number of aliphatic hydroxyl groups excluding tert-OH is 2. The highest BCUT2D eigenvalue weighted by molar-refractivity contribution is 5.13. The van der Waals surface area contributed by atoms with Gasteiger partial charge in [0.1, 0.15) is 0 Å². The molecule has 0 radical (unpaired) electrons. The Morgan fingerprint density at radius 1 is 1.14 bits per heavy atom. The molecule has 0 spiro atoms. The molecule has 0 saturated carbocycles. The summed E-state index contributed by atoms with van der Waals surface area (Å²) in [5.74, 6) is 0.173. The Kier molecular flexibility index (Phi) is 8.44. The van der Waals surface area contributed by atoms with Gasteiger partial charge >= 0.3 is 0 Å². The minimum absolute atomic E-state index is 0.00480. The largest absolute Gasteiger partial charge is 0.392 e. The second-order valence-electron chi connectivity index (χ2n) is 6.63.